The lowest BCUT2D eigenvalue weighted by Gasteiger charge is -2.24. The van der Waals surface area contributed by atoms with Gasteiger partial charge in [-0.2, -0.15) is 22.0 Å². The highest BCUT2D eigenvalue weighted by Crippen LogP contribution is 2.36. The first-order valence-corrected chi connectivity index (χ1v) is 3.86. The molecule has 0 saturated carbocycles. The van der Waals surface area contributed by atoms with Crippen molar-refractivity contribution in [2.24, 2.45) is 5.41 Å². The molecule has 84 valence electrons. The van der Waals surface area contributed by atoms with E-state index < -0.39 is 29.7 Å². The molecule has 0 N–H and O–H groups in total. The van der Waals surface area contributed by atoms with Gasteiger partial charge in [-0.3, -0.25) is 4.79 Å². The Hall–Kier alpha value is -0.680. The second-order valence-corrected chi connectivity index (χ2v) is 4.08. The summed E-state index contributed by atoms with van der Waals surface area (Å²) in [5.74, 6) is -6.03. The Morgan fingerprint density at radius 2 is 1.36 bits per heavy atom. The molecule has 0 aliphatic rings. The average Bonchev–Trinajstić information content (AvgIpc) is 1.78. The molecule has 0 unspecified atom stereocenters. The topological polar surface area (TPSA) is 17.1 Å². The summed E-state index contributed by atoms with van der Waals surface area (Å²) in [6.45, 7) is 3.46. The average molecular weight is 218 g/mol. The van der Waals surface area contributed by atoms with Crippen LogP contribution in [0.1, 0.15) is 27.2 Å². The van der Waals surface area contributed by atoms with Crippen molar-refractivity contribution in [2.75, 3.05) is 0 Å². The molecular formula is C8H11F5O. The Morgan fingerprint density at radius 1 is 1.00 bits per heavy atom. The number of halogens is 5. The maximum Gasteiger partial charge on any atom is 0.395 e. The van der Waals surface area contributed by atoms with Gasteiger partial charge in [-0.05, 0) is 0 Å². The van der Waals surface area contributed by atoms with Crippen LogP contribution in [-0.4, -0.2) is 17.9 Å². The molecule has 0 aromatic carbocycles. The van der Waals surface area contributed by atoms with Gasteiger partial charge in [-0.1, -0.05) is 20.8 Å². The SMILES string of the molecule is CC(C)(C)C(=O)C(F)(F)CC(F)(F)F. The summed E-state index contributed by atoms with van der Waals surface area (Å²) in [4.78, 5) is 10.9. The minimum absolute atomic E-state index is 1.15. The molecule has 14 heavy (non-hydrogen) atoms. The van der Waals surface area contributed by atoms with Gasteiger partial charge in [-0.25, -0.2) is 0 Å². The van der Waals surface area contributed by atoms with Crippen LogP contribution in [0.3, 0.4) is 0 Å². The summed E-state index contributed by atoms with van der Waals surface area (Å²) in [5, 5.41) is 0. The zero-order valence-electron chi connectivity index (χ0n) is 8.01. The highest BCUT2D eigenvalue weighted by molar-refractivity contribution is 5.90. The molecule has 0 spiro atoms. The van der Waals surface area contributed by atoms with Gasteiger partial charge in [0.2, 0.25) is 5.78 Å². The molecule has 0 heterocycles. The van der Waals surface area contributed by atoms with E-state index in [2.05, 4.69) is 0 Å². The third-order valence-electron chi connectivity index (χ3n) is 1.44. The highest BCUT2D eigenvalue weighted by Gasteiger charge is 2.52. The number of carbonyl (C=O) groups excluding carboxylic acids is 1. The number of Topliss-reactive ketones (excluding diaryl/α,β-unsaturated/α-hetero) is 1. The molecule has 0 aliphatic heterocycles. The van der Waals surface area contributed by atoms with E-state index in [4.69, 9.17) is 0 Å². The number of hydrogen-bond acceptors (Lipinski definition) is 1. The van der Waals surface area contributed by atoms with Gasteiger partial charge in [0.15, 0.2) is 0 Å². The predicted molar refractivity (Wildman–Crippen MR) is 40.1 cm³/mol. The van der Waals surface area contributed by atoms with E-state index in [1.54, 1.807) is 0 Å². The minimum Gasteiger partial charge on any atom is -0.292 e. The molecule has 0 atom stereocenters. The van der Waals surface area contributed by atoms with E-state index in [1.165, 1.54) is 0 Å². The summed E-state index contributed by atoms with van der Waals surface area (Å²) < 4.78 is 60.5. The summed E-state index contributed by atoms with van der Waals surface area (Å²) in [6, 6.07) is 0. The molecule has 0 bridgehead atoms. The van der Waals surface area contributed by atoms with Gasteiger partial charge in [0, 0.05) is 5.41 Å². The summed E-state index contributed by atoms with van der Waals surface area (Å²) >= 11 is 0. The van der Waals surface area contributed by atoms with Gasteiger partial charge >= 0.3 is 12.1 Å². The van der Waals surface area contributed by atoms with Gasteiger partial charge in [0.25, 0.3) is 0 Å². The Kier molecular flexibility index (Phi) is 3.30. The Balaban J connectivity index is 4.72. The van der Waals surface area contributed by atoms with Crippen molar-refractivity contribution in [3.8, 4) is 0 Å². The lowest BCUT2D eigenvalue weighted by atomic mass is 9.86. The fourth-order valence-electron chi connectivity index (χ4n) is 0.881. The van der Waals surface area contributed by atoms with E-state index in [-0.39, 0.29) is 0 Å². The molecule has 0 aromatic rings. The first-order chi connectivity index (χ1) is 5.86. The normalized spacial score (nSPS) is 14.3. The van der Waals surface area contributed by atoms with E-state index in [0.29, 0.717) is 0 Å². The fraction of sp³-hybridized carbons (Fsp3) is 0.875. The van der Waals surface area contributed by atoms with Crippen molar-refractivity contribution in [3.63, 3.8) is 0 Å². The van der Waals surface area contributed by atoms with Crippen LogP contribution in [0.25, 0.3) is 0 Å². The molecule has 0 amide bonds. The van der Waals surface area contributed by atoms with Crippen molar-refractivity contribution in [3.05, 3.63) is 0 Å². The van der Waals surface area contributed by atoms with E-state index in [0.717, 1.165) is 20.8 Å². The van der Waals surface area contributed by atoms with Gasteiger partial charge in [0.05, 0.1) is 0 Å². The third kappa shape index (κ3) is 4.02. The van der Waals surface area contributed by atoms with Crippen LogP contribution in [0, 0.1) is 5.41 Å². The van der Waals surface area contributed by atoms with Crippen LogP contribution in [0.4, 0.5) is 22.0 Å². The van der Waals surface area contributed by atoms with E-state index in [1.807, 2.05) is 0 Å². The van der Waals surface area contributed by atoms with Crippen LogP contribution < -0.4 is 0 Å². The first-order valence-electron chi connectivity index (χ1n) is 3.86. The standard InChI is InChI=1S/C8H11F5O/c1-6(2,3)5(14)7(9,10)4-8(11,12)13/h4H2,1-3H3. The Labute approximate surface area is 78.3 Å². The molecule has 1 nitrogen and oxygen atoms in total. The van der Waals surface area contributed by atoms with Crippen molar-refractivity contribution < 1.29 is 26.7 Å². The van der Waals surface area contributed by atoms with Crippen LogP contribution >= 0.6 is 0 Å². The maximum absolute atomic E-state index is 12.7. The van der Waals surface area contributed by atoms with Gasteiger partial charge in [-0.15, -0.1) is 0 Å². The Bertz CT molecular complexity index is 223. The number of alkyl halides is 5. The summed E-state index contributed by atoms with van der Waals surface area (Å²) in [6.07, 6.45) is -7.43. The smallest absolute Gasteiger partial charge is 0.292 e. The van der Waals surface area contributed by atoms with Gasteiger partial charge in [0.1, 0.15) is 6.42 Å². The van der Waals surface area contributed by atoms with Crippen molar-refractivity contribution in [1.82, 2.24) is 0 Å². The van der Waals surface area contributed by atoms with Crippen molar-refractivity contribution in [2.45, 2.75) is 39.3 Å². The zero-order chi connectivity index (χ0) is 11.8. The first kappa shape index (κ1) is 13.3. The van der Waals surface area contributed by atoms with Crippen LogP contribution in [-0.2, 0) is 4.79 Å². The second kappa shape index (κ2) is 3.47. The van der Waals surface area contributed by atoms with E-state index >= 15 is 0 Å². The minimum atomic E-state index is -5.04. The Morgan fingerprint density at radius 3 is 1.57 bits per heavy atom. The summed E-state index contributed by atoms with van der Waals surface area (Å²) in [5.41, 5.74) is -1.48. The second-order valence-electron chi connectivity index (χ2n) is 4.08. The predicted octanol–water partition coefficient (Wildman–Crippen LogP) is 3.19. The molecule has 0 fully saturated rings. The molecule has 0 saturated heterocycles. The monoisotopic (exact) mass is 218 g/mol. The largest absolute Gasteiger partial charge is 0.395 e. The lowest BCUT2D eigenvalue weighted by Crippen LogP contribution is -2.41. The molecule has 0 rings (SSSR count). The maximum atomic E-state index is 12.7. The molecule has 0 aromatic heterocycles. The number of hydrogen-bond donors (Lipinski definition) is 0. The summed E-state index contributed by atoms with van der Waals surface area (Å²) in [7, 11) is 0. The van der Waals surface area contributed by atoms with Crippen molar-refractivity contribution >= 4 is 5.78 Å². The quantitative estimate of drug-likeness (QED) is 0.650. The molecule has 6 heteroatoms. The number of carbonyl (C=O) groups is 1. The van der Waals surface area contributed by atoms with Crippen molar-refractivity contribution in [1.29, 1.82) is 0 Å². The highest BCUT2D eigenvalue weighted by atomic mass is 19.4. The van der Waals surface area contributed by atoms with Crippen LogP contribution in [0.15, 0.2) is 0 Å². The zero-order valence-corrected chi connectivity index (χ0v) is 8.01. The fourth-order valence-corrected chi connectivity index (χ4v) is 0.881. The van der Waals surface area contributed by atoms with Crippen LogP contribution in [0.5, 0.6) is 0 Å². The number of rotatable bonds is 2. The van der Waals surface area contributed by atoms with Gasteiger partial charge < -0.3 is 0 Å². The van der Waals surface area contributed by atoms with E-state index in [9.17, 15) is 26.7 Å². The molecule has 0 aliphatic carbocycles. The van der Waals surface area contributed by atoms with Crippen LogP contribution in [0.2, 0.25) is 0 Å². The lowest BCUT2D eigenvalue weighted by molar-refractivity contribution is -0.196. The third-order valence-corrected chi connectivity index (χ3v) is 1.44. The molecular weight excluding hydrogens is 207 g/mol. The molecule has 0 radical (unpaired) electrons. The number of ketones is 1.